The molecule has 0 amide bonds. The Labute approximate surface area is 357 Å². The summed E-state index contributed by atoms with van der Waals surface area (Å²) in [5.41, 5.74) is 13.5. The number of pyridine rings is 1. The van der Waals surface area contributed by atoms with E-state index in [1.807, 2.05) is 36.5 Å². The summed E-state index contributed by atoms with van der Waals surface area (Å²) in [5, 5.41) is 4.68. The first-order valence-electron chi connectivity index (χ1n) is 20.8. The van der Waals surface area contributed by atoms with Crippen LogP contribution in [0, 0.1) is 0 Å². The first kappa shape index (κ1) is 35.5. The van der Waals surface area contributed by atoms with Gasteiger partial charge < -0.3 is 4.57 Å². The second-order valence-corrected chi connectivity index (χ2v) is 15.5. The van der Waals surface area contributed by atoms with E-state index in [1.165, 1.54) is 10.8 Å². The fourth-order valence-electron chi connectivity index (χ4n) is 9.05. The monoisotopic (exact) mass is 792 g/mol. The molecule has 6 heteroatoms. The molecule has 0 aliphatic rings. The van der Waals surface area contributed by atoms with E-state index in [0.717, 1.165) is 83.2 Å². The number of aromatic nitrogens is 6. The van der Waals surface area contributed by atoms with Crippen molar-refractivity contribution in [2.45, 2.75) is 0 Å². The van der Waals surface area contributed by atoms with Crippen LogP contribution >= 0.6 is 0 Å². The maximum absolute atomic E-state index is 5.42. The van der Waals surface area contributed by atoms with Crippen LogP contribution in [0.2, 0.25) is 0 Å². The molecule has 0 spiro atoms. The number of rotatable bonds is 7. The fraction of sp³-hybridized carbons (Fsp3) is 0. The van der Waals surface area contributed by atoms with Crippen LogP contribution in [-0.4, -0.2) is 29.1 Å². The molecule has 0 aliphatic heterocycles. The quantitative estimate of drug-likeness (QED) is 0.161. The van der Waals surface area contributed by atoms with Gasteiger partial charge in [-0.2, -0.15) is 9.97 Å². The summed E-state index contributed by atoms with van der Waals surface area (Å²) >= 11 is 0. The maximum atomic E-state index is 5.42. The molecule has 4 heterocycles. The van der Waals surface area contributed by atoms with Crippen LogP contribution in [0.25, 0.3) is 112 Å². The number of nitrogens with zero attached hydrogens (tertiary/aromatic N) is 6. The Morgan fingerprint density at radius 2 is 0.871 bits per heavy atom. The summed E-state index contributed by atoms with van der Waals surface area (Å²) in [7, 11) is 0. The molecule has 290 valence electrons. The second-order valence-electron chi connectivity index (χ2n) is 15.5. The largest absolute Gasteiger partial charge is 0.309 e. The number of para-hydroxylation sites is 4. The van der Waals surface area contributed by atoms with Crippen molar-refractivity contribution < 1.29 is 0 Å². The van der Waals surface area contributed by atoms with Crippen LogP contribution in [0.5, 0.6) is 0 Å². The Morgan fingerprint density at radius 3 is 1.56 bits per heavy atom. The third-order valence-electron chi connectivity index (χ3n) is 11.8. The molecule has 0 bridgehead atoms. The van der Waals surface area contributed by atoms with Crippen molar-refractivity contribution in [3.63, 3.8) is 0 Å². The third kappa shape index (κ3) is 5.88. The normalized spacial score (nSPS) is 11.5. The summed E-state index contributed by atoms with van der Waals surface area (Å²) in [6.45, 7) is 0. The Balaban J connectivity index is 1.14. The molecule has 6 nitrogen and oxygen atoms in total. The second kappa shape index (κ2) is 14.7. The number of fused-ring (bicyclic) bond motifs is 6. The van der Waals surface area contributed by atoms with Gasteiger partial charge in [-0.25, -0.2) is 4.98 Å². The van der Waals surface area contributed by atoms with Crippen molar-refractivity contribution in [3.05, 3.63) is 219 Å². The molecule has 0 aliphatic carbocycles. The summed E-state index contributed by atoms with van der Waals surface area (Å²) < 4.78 is 4.60. The summed E-state index contributed by atoms with van der Waals surface area (Å²) in [4.78, 5) is 20.7. The van der Waals surface area contributed by atoms with E-state index in [2.05, 4.69) is 191 Å². The van der Waals surface area contributed by atoms with Crippen LogP contribution in [0.15, 0.2) is 219 Å². The molecule has 0 fully saturated rings. The minimum atomic E-state index is 0.550. The number of hydrogen-bond donors (Lipinski definition) is 0. The van der Waals surface area contributed by atoms with Crippen LogP contribution in [-0.2, 0) is 0 Å². The van der Waals surface area contributed by atoms with Crippen LogP contribution in [0.1, 0.15) is 0 Å². The van der Waals surface area contributed by atoms with E-state index in [9.17, 15) is 0 Å². The summed E-state index contributed by atoms with van der Waals surface area (Å²) in [5.74, 6) is 1.72. The summed E-state index contributed by atoms with van der Waals surface area (Å²) in [6.07, 6.45) is 1.84. The predicted molar refractivity (Wildman–Crippen MR) is 253 cm³/mol. The Hall–Kier alpha value is -8.48. The highest BCUT2D eigenvalue weighted by atomic mass is 15.2. The van der Waals surface area contributed by atoms with Gasteiger partial charge in [0.2, 0.25) is 5.95 Å². The first-order valence-corrected chi connectivity index (χ1v) is 20.8. The van der Waals surface area contributed by atoms with E-state index >= 15 is 0 Å². The van der Waals surface area contributed by atoms with Gasteiger partial charge in [0, 0.05) is 55.6 Å². The van der Waals surface area contributed by atoms with Gasteiger partial charge in [0.1, 0.15) is 0 Å². The maximum Gasteiger partial charge on any atom is 0.238 e. The van der Waals surface area contributed by atoms with Crippen LogP contribution < -0.4 is 0 Å². The van der Waals surface area contributed by atoms with Gasteiger partial charge in [-0.05, 0) is 65.7 Å². The Morgan fingerprint density at radius 1 is 0.323 bits per heavy atom. The van der Waals surface area contributed by atoms with E-state index in [0.29, 0.717) is 17.6 Å². The third-order valence-corrected chi connectivity index (χ3v) is 11.8. The molecule has 8 aromatic carbocycles. The van der Waals surface area contributed by atoms with Gasteiger partial charge in [-0.3, -0.25) is 9.55 Å². The highest BCUT2D eigenvalue weighted by Crippen LogP contribution is 2.41. The standard InChI is InChI=1S/C56H36N6/c1-3-17-37(18-4-1)42-26-16-27-46-45-25-9-12-31-51(45)62(53(42)46)56-59-54(38-19-5-2-6-20-38)58-55(60-56)41-32-33-52(61-49-29-10-7-23-43(49)44-24-8-11-30-50(44)61)47(36-41)39-21-15-22-40(35-39)48-28-13-14-34-57-48/h1-36H. The van der Waals surface area contributed by atoms with Gasteiger partial charge in [0.15, 0.2) is 11.6 Å². The first-order chi connectivity index (χ1) is 30.8. The molecule has 0 radical (unpaired) electrons. The Kier molecular flexibility index (Phi) is 8.38. The SMILES string of the molecule is c1ccc(-c2nc(-c3ccc(-n4c5ccccc5c5ccccc54)c(-c4cccc(-c5ccccn5)c4)c3)nc(-n3c4ccccc4c4cccc(-c5ccccc5)c43)n2)cc1. The topological polar surface area (TPSA) is 61.4 Å². The molecule has 0 saturated heterocycles. The molecule has 62 heavy (non-hydrogen) atoms. The zero-order valence-electron chi connectivity index (χ0n) is 33.5. The average molecular weight is 793 g/mol. The van der Waals surface area contributed by atoms with Gasteiger partial charge in [-0.15, -0.1) is 0 Å². The summed E-state index contributed by atoms with van der Waals surface area (Å²) in [6, 6.07) is 74.3. The highest BCUT2D eigenvalue weighted by Gasteiger charge is 2.22. The molecule has 0 N–H and O–H groups in total. The van der Waals surface area contributed by atoms with Crippen molar-refractivity contribution in [1.29, 1.82) is 0 Å². The van der Waals surface area contributed by atoms with Gasteiger partial charge in [-0.1, -0.05) is 158 Å². The van der Waals surface area contributed by atoms with Crippen LogP contribution in [0.3, 0.4) is 0 Å². The van der Waals surface area contributed by atoms with Crippen molar-refractivity contribution >= 4 is 43.6 Å². The van der Waals surface area contributed by atoms with Gasteiger partial charge >= 0.3 is 0 Å². The zero-order valence-corrected chi connectivity index (χ0v) is 33.5. The lowest BCUT2D eigenvalue weighted by Crippen LogP contribution is -2.07. The van der Waals surface area contributed by atoms with E-state index in [-0.39, 0.29) is 0 Å². The lowest BCUT2D eigenvalue weighted by Gasteiger charge is -2.17. The van der Waals surface area contributed by atoms with Crippen molar-refractivity contribution in [2.24, 2.45) is 0 Å². The minimum Gasteiger partial charge on any atom is -0.309 e. The van der Waals surface area contributed by atoms with Crippen LogP contribution in [0.4, 0.5) is 0 Å². The molecular weight excluding hydrogens is 757 g/mol. The minimum absolute atomic E-state index is 0.550. The number of hydrogen-bond acceptors (Lipinski definition) is 4. The molecule has 0 atom stereocenters. The highest BCUT2D eigenvalue weighted by molar-refractivity contribution is 6.14. The molecule has 12 aromatic rings. The van der Waals surface area contributed by atoms with Gasteiger partial charge in [0.05, 0.1) is 33.4 Å². The predicted octanol–water partition coefficient (Wildman–Crippen LogP) is 13.8. The van der Waals surface area contributed by atoms with E-state index < -0.39 is 0 Å². The average Bonchev–Trinajstić information content (AvgIpc) is 3.88. The number of benzene rings is 8. The fourth-order valence-corrected chi connectivity index (χ4v) is 9.05. The van der Waals surface area contributed by atoms with Crippen molar-refractivity contribution in [1.82, 2.24) is 29.1 Å². The van der Waals surface area contributed by atoms with Crippen molar-refractivity contribution in [2.75, 3.05) is 0 Å². The Bertz CT molecular complexity index is 3570. The molecular formula is C56H36N6. The zero-order chi connectivity index (χ0) is 41.0. The molecule has 0 unspecified atom stereocenters. The van der Waals surface area contributed by atoms with E-state index in [4.69, 9.17) is 19.9 Å². The van der Waals surface area contributed by atoms with Gasteiger partial charge in [0.25, 0.3) is 0 Å². The lowest BCUT2D eigenvalue weighted by atomic mass is 9.97. The lowest BCUT2D eigenvalue weighted by molar-refractivity contribution is 0.953. The smallest absolute Gasteiger partial charge is 0.238 e. The van der Waals surface area contributed by atoms with Crippen molar-refractivity contribution in [3.8, 4) is 67.9 Å². The molecule has 0 saturated carbocycles. The molecule has 12 rings (SSSR count). The molecule has 4 aromatic heterocycles. The van der Waals surface area contributed by atoms with E-state index in [1.54, 1.807) is 0 Å².